The summed E-state index contributed by atoms with van der Waals surface area (Å²) in [4.78, 5) is 0.107. The van der Waals surface area contributed by atoms with Crippen LogP contribution in [0, 0.1) is 0 Å². The lowest BCUT2D eigenvalue weighted by Gasteiger charge is -2.17. The van der Waals surface area contributed by atoms with Gasteiger partial charge in [0, 0.05) is 12.1 Å². The molecule has 1 saturated carbocycles. The van der Waals surface area contributed by atoms with Gasteiger partial charge in [0.2, 0.25) is 10.0 Å². The number of nitrogens with one attached hydrogen (secondary N) is 1. The van der Waals surface area contributed by atoms with Crippen LogP contribution in [0.15, 0.2) is 23.1 Å². The van der Waals surface area contributed by atoms with E-state index in [1.807, 2.05) is 0 Å². The topological polar surface area (TPSA) is 72.2 Å². The third-order valence-corrected chi connectivity index (χ3v) is 5.30. The average Bonchev–Trinajstić information content (AvgIpc) is 2.67. The number of sulfonamides is 1. The van der Waals surface area contributed by atoms with Gasteiger partial charge in [-0.15, -0.1) is 0 Å². The molecular formula is C11H14Cl2N2O2S. The highest BCUT2D eigenvalue weighted by atomic mass is 35.5. The molecule has 1 aliphatic rings. The predicted molar refractivity (Wildman–Crippen MR) is 72.4 cm³/mol. The van der Waals surface area contributed by atoms with E-state index in [-0.39, 0.29) is 22.0 Å². The standard InChI is InChI=1S/C11H14Cl2N2O2S/c12-8-5-4-7(6-9(8)13)18(16,17)15-11-3-1-2-10(11)14/h4-6,10-11,15H,1-3,14H2. The molecule has 0 heterocycles. The molecule has 2 unspecified atom stereocenters. The van der Waals surface area contributed by atoms with Crippen LogP contribution in [-0.2, 0) is 10.0 Å². The highest BCUT2D eigenvalue weighted by molar-refractivity contribution is 7.89. The van der Waals surface area contributed by atoms with Crippen LogP contribution in [0.3, 0.4) is 0 Å². The summed E-state index contributed by atoms with van der Waals surface area (Å²) >= 11 is 11.6. The van der Waals surface area contributed by atoms with Gasteiger partial charge < -0.3 is 5.73 Å². The van der Waals surface area contributed by atoms with Gasteiger partial charge in [0.05, 0.1) is 14.9 Å². The van der Waals surface area contributed by atoms with Crippen molar-refractivity contribution in [3.8, 4) is 0 Å². The van der Waals surface area contributed by atoms with Gasteiger partial charge in [0.1, 0.15) is 0 Å². The van der Waals surface area contributed by atoms with Crippen LogP contribution in [0.25, 0.3) is 0 Å². The number of halogens is 2. The smallest absolute Gasteiger partial charge is 0.240 e. The van der Waals surface area contributed by atoms with Crippen molar-refractivity contribution in [1.29, 1.82) is 0 Å². The Morgan fingerprint density at radius 2 is 1.94 bits per heavy atom. The fraction of sp³-hybridized carbons (Fsp3) is 0.455. The molecule has 2 rings (SSSR count). The van der Waals surface area contributed by atoms with Crippen molar-refractivity contribution in [1.82, 2.24) is 4.72 Å². The first-order valence-electron chi connectivity index (χ1n) is 5.63. The zero-order chi connectivity index (χ0) is 13.3. The monoisotopic (exact) mass is 308 g/mol. The second-order valence-electron chi connectivity index (χ2n) is 4.40. The van der Waals surface area contributed by atoms with Gasteiger partial charge in [0.25, 0.3) is 0 Å². The normalized spacial score (nSPS) is 24.4. The van der Waals surface area contributed by atoms with Crippen molar-refractivity contribution < 1.29 is 8.42 Å². The number of benzene rings is 1. The van der Waals surface area contributed by atoms with Gasteiger partial charge in [0.15, 0.2) is 0 Å². The average molecular weight is 309 g/mol. The highest BCUT2D eigenvalue weighted by Crippen LogP contribution is 2.26. The van der Waals surface area contributed by atoms with E-state index in [1.54, 1.807) is 0 Å². The Balaban J connectivity index is 2.22. The lowest BCUT2D eigenvalue weighted by atomic mass is 10.2. The van der Waals surface area contributed by atoms with E-state index in [2.05, 4.69) is 4.72 Å². The quantitative estimate of drug-likeness (QED) is 0.898. The molecule has 0 radical (unpaired) electrons. The molecule has 7 heteroatoms. The van der Waals surface area contributed by atoms with Gasteiger partial charge >= 0.3 is 0 Å². The first-order chi connectivity index (χ1) is 8.40. The second kappa shape index (κ2) is 5.35. The van der Waals surface area contributed by atoms with Crippen LogP contribution in [0.5, 0.6) is 0 Å². The van der Waals surface area contributed by atoms with Gasteiger partial charge in [-0.3, -0.25) is 0 Å². The highest BCUT2D eigenvalue weighted by Gasteiger charge is 2.28. The number of hydrogen-bond acceptors (Lipinski definition) is 3. The maximum atomic E-state index is 12.1. The molecule has 3 N–H and O–H groups in total. The van der Waals surface area contributed by atoms with Crippen molar-refractivity contribution in [2.45, 2.75) is 36.2 Å². The molecule has 2 atom stereocenters. The van der Waals surface area contributed by atoms with Crippen LogP contribution < -0.4 is 10.5 Å². The number of rotatable bonds is 3. The molecule has 0 saturated heterocycles. The molecule has 18 heavy (non-hydrogen) atoms. The molecule has 0 bridgehead atoms. The summed E-state index contributed by atoms with van der Waals surface area (Å²) in [6, 6.07) is 3.91. The zero-order valence-corrected chi connectivity index (χ0v) is 11.9. The van der Waals surface area contributed by atoms with Crippen LogP contribution >= 0.6 is 23.2 Å². The largest absolute Gasteiger partial charge is 0.326 e. The molecule has 1 aliphatic carbocycles. The Kier molecular flexibility index (Phi) is 4.18. The Bertz CT molecular complexity index is 548. The first kappa shape index (κ1) is 14.1. The van der Waals surface area contributed by atoms with E-state index >= 15 is 0 Å². The third kappa shape index (κ3) is 2.97. The van der Waals surface area contributed by atoms with E-state index in [0.29, 0.717) is 5.02 Å². The van der Waals surface area contributed by atoms with Crippen molar-refractivity contribution in [3.05, 3.63) is 28.2 Å². The van der Waals surface area contributed by atoms with Crippen molar-refractivity contribution in [3.63, 3.8) is 0 Å². The minimum absolute atomic E-state index is 0.107. The molecule has 1 aromatic rings. The van der Waals surface area contributed by atoms with Gasteiger partial charge in [-0.05, 0) is 31.0 Å². The molecule has 0 aliphatic heterocycles. The SMILES string of the molecule is NC1CCCC1NS(=O)(=O)c1ccc(Cl)c(Cl)c1. The van der Waals surface area contributed by atoms with Gasteiger partial charge in [-0.1, -0.05) is 29.6 Å². The van der Waals surface area contributed by atoms with Crippen molar-refractivity contribution in [2.24, 2.45) is 5.73 Å². The van der Waals surface area contributed by atoms with E-state index in [1.165, 1.54) is 18.2 Å². The minimum atomic E-state index is -3.59. The minimum Gasteiger partial charge on any atom is -0.326 e. The predicted octanol–water partition coefficient (Wildman–Crippen LogP) is 2.15. The van der Waals surface area contributed by atoms with Crippen LogP contribution in [-0.4, -0.2) is 20.5 Å². The van der Waals surface area contributed by atoms with Crippen LogP contribution in [0.2, 0.25) is 10.0 Å². The van der Waals surface area contributed by atoms with Gasteiger partial charge in [-0.25, -0.2) is 13.1 Å². The molecule has 1 aromatic carbocycles. The third-order valence-electron chi connectivity index (χ3n) is 3.08. The Hall–Kier alpha value is -0.330. The Labute approximate surface area is 117 Å². The molecule has 100 valence electrons. The number of hydrogen-bond donors (Lipinski definition) is 2. The second-order valence-corrected chi connectivity index (χ2v) is 6.93. The summed E-state index contributed by atoms with van der Waals surface area (Å²) in [6.45, 7) is 0. The molecule has 4 nitrogen and oxygen atoms in total. The number of nitrogens with two attached hydrogens (primary N) is 1. The Morgan fingerprint density at radius 1 is 1.22 bits per heavy atom. The van der Waals surface area contributed by atoms with E-state index in [4.69, 9.17) is 28.9 Å². The summed E-state index contributed by atoms with van der Waals surface area (Å²) in [7, 11) is -3.59. The van der Waals surface area contributed by atoms with Gasteiger partial charge in [-0.2, -0.15) is 0 Å². The molecule has 1 fully saturated rings. The summed E-state index contributed by atoms with van der Waals surface area (Å²) in [5.41, 5.74) is 5.84. The Morgan fingerprint density at radius 3 is 2.50 bits per heavy atom. The molecular weight excluding hydrogens is 295 g/mol. The summed E-state index contributed by atoms with van der Waals surface area (Å²) < 4.78 is 26.9. The van der Waals surface area contributed by atoms with E-state index in [9.17, 15) is 8.42 Å². The maximum Gasteiger partial charge on any atom is 0.240 e. The lowest BCUT2D eigenvalue weighted by molar-refractivity contribution is 0.522. The van der Waals surface area contributed by atoms with Crippen molar-refractivity contribution >= 4 is 33.2 Å². The first-order valence-corrected chi connectivity index (χ1v) is 7.87. The summed E-state index contributed by atoms with van der Waals surface area (Å²) in [5.74, 6) is 0. The molecule has 0 spiro atoms. The molecule has 0 amide bonds. The fourth-order valence-electron chi connectivity index (χ4n) is 2.05. The summed E-state index contributed by atoms with van der Waals surface area (Å²) in [5, 5.41) is 0.545. The van der Waals surface area contributed by atoms with Crippen LogP contribution in [0.4, 0.5) is 0 Å². The van der Waals surface area contributed by atoms with E-state index < -0.39 is 10.0 Å². The zero-order valence-electron chi connectivity index (χ0n) is 9.57. The maximum absolute atomic E-state index is 12.1. The lowest BCUT2D eigenvalue weighted by Crippen LogP contribution is -2.43. The fourth-order valence-corrected chi connectivity index (χ4v) is 3.76. The van der Waals surface area contributed by atoms with E-state index in [0.717, 1.165) is 19.3 Å². The summed E-state index contributed by atoms with van der Waals surface area (Å²) in [6.07, 6.45) is 2.55. The molecule has 0 aromatic heterocycles. The van der Waals surface area contributed by atoms with Crippen molar-refractivity contribution in [2.75, 3.05) is 0 Å². The van der Waals surface area contributed by atoms with Crippen LogP contribution in [0.1, 0.15) is 19.3 Å².